The minimum absolute atomic E-state index is 0.0706. The maximum absolute atomic E-state index is 11.9. The molecule has 5 nitrogen and oxygen atoms in total. The van der Waals surface area contributed by atoms with Crippen LogP contribution in [0.15, 0.2) is 18.3 Å². The number of piperidine rings is 1. The molecule has 2 rings (SSSR count). The lowest BCUT2D eigenvalue weighted by atomic mass is 10.1. The summed E-state index contributed by atoms with van der Waals surface area (Å²) in [5.74, 6) is 0.449. The average Bonchev–Trinajstić information content (AvgIpc) is 2.52. The van der Waals surface area contributed by atoms with Gasteiger partial charge in [-0.05, 0) is 45.0 Å². The second kappa shape index (κ2) is 7.85. The predicted molar refractivity (Wildman–Crippen MR) is 78.0 cm³/mol. The van der Waals surface area contributed by atoms with E-state index >= 15 is 0 Å². The normalized spacial score (nSPS) is 15.8. The van der Waals surface area contributed by atoms with Crippen LogP contribution in [0.3, 0.4) is 0 Å². The van der Waals surface area contributed by atoms with Crippen LogP contribution >= 0.6 is 0 Å². The summed E-state index contributed by atoms with van der Waals surface area (Å²) in [5, 5.41) is 2.93. The Balaban J connectivity index is 1.66. The topological polar surface area (TPSA) is 54.5 Å². The number of nitrogens with zero attached hydrogens (tertiary/aromatic N) is 2. The van der Waals surface area contributed by atoms with Crippen LogP contribution in [0.1, 0.15) is 36.0 Å². The standard InChI is InChI=1S/C15H23N3O2/c1-20-14-7-6-13(12-17-14)15(19)16-8-5-11-18-9-3-2-4-10-18/h6-7,12H,2-5,8-11H2,1H3,(H,16,19). The third-order valence-electron chi connectivity index (χ3n) is 3.59. The first-order valence-corrected chi connectivity index (χ1v) is 7.30. The Kier molecular flexibility index (Phi) is 5.80. The smallest absolute Gasteiger partial charge is 0.252 e. The van der Waals surface area contributed by atoms with Crippen LogP contribution in [0, 0.1) is 0 Å². The summed E-state index contributed by atoms with van der Waals surface area (Å²) in [6.07, 6.45) is 6.51. The lowest BCUT2D eigenvalue weighted by Gasteiger charge is -2.26. The second-order valence-corrected chi connectivity index (χ2v) is 5.10. The van der Waals surface area contributed by atoms with Crippen LogP contribution in [0.2, 0.25) is 0 Å². The van der Waals surface area contributed by atoms with Gasteiger partial charge in [0.2, 0.25) is 5.88 Å². The SMILES string of the molecule is COc1ccc(C(=O)NCCCN2CCCCC2)cn1. The van der Waals surface area contributed by atoms with Crippen LogP contribution in [-0.4, -0.2) is 49.1 Å². The zero-order valence-electron chi connectivity index (χ0n) is 12.1. The van der Waals surface area contributed by atoms with Gasteiger partial charge in [0.05, 0.1) is 12.7 Å². The molecule has 1 saturated heterocycles. The highest BCUT2D eigenvalue weighted by Gasteiger charge is 2.10. The number of hydrogen-bond acceptors (Lipinski definition) is 4. The molecule has 0 aliphatic carbocycles. The molecule has 1 aliphatic rings. The number of ether oxygens (including phenoxy) is 1. The highest BCUT2D eigenvalue weighted by Crippen LogP contribution is 2.09. The van der Waals surface area contributed by atoms with E-state index < -0.39 is 0 Å². The lowest BCUT2D eigenvalue weighted by Crippen LogP contribution is -2.33. The van der Waals surface area contributed by atoms with Crippen LogP contribution in [-0.2, 0) is 0 Å². The van der Waals surface area contributed by atoms with Gasteiger partial charge in [0, 0.05) is 18.8 Å². The van der Waals surface area contributed by atoms with Crippen molar-refractivity contribution in [1.29, 1.82) is 0 Å². The van der Waals surface area contributed by atoms with Gasteiger partial charge in [0.1, 0.15) is 0 Å². The van der Waals surface area contributed by atoms with Crippen molar-refractivity contribution in [2.45, 2.75) is 25.7 Å². The molecule has 5 heteroatoms. The van der Waals surface area contributed by atoms with Crippen LogP contribution in [0.5, 0.6) is 5.88 Å². The van der Waals surface area contributed by atoms with E-state index in [2.05, 4.69) is 15.2 Å². The number of aromatic nitrogens is 1. The van der Waals surface area contributed by atoms with E-state index in [0.29, 0.717) is 18.0 Å². The van der Waals surface area contributed by atoms with Gasteiger partial charge in [-0.1, -0.05) is 6.42 Å². The fourth-order valence-corrected chi connectivity index (χ4v) is 2.43. The van der Waals surface area contributed by atoms with Crippen molar-refractivity contribution in [3.05, 3.63) is 23.9 Å². The Labute approximate surface area is 120 Å². The zero-order chi connectivity index (χ0) is 14.2. The maximum Gasteiger partial charge on any atom is 0.252 e. The van der Waals surface area contributed by atoms with Gasteiger partial charge >= 0.3 is 0 Å². The Hall–Kier alpha value is -1.62. The summed E-state index contributed by atoms with van der Waals surface area (Å²) in [7, 11) is 1.56. The number of pyridine rings is 1. The van der Waals surface area contributed by atoms with Crippen LogP contribution < -0.4 is 10.1 Å². The molecular formula is C15H23N3O2. The molecule has 0 bridgehead atoms. The first-order valence-electron chi connectivity index (χ1n) is 7.30. The number of methoxy groups -OCH3 is 1. The van der Waals surface area contributed by atoms with Crippen molar-refractivity contribution in [3.8, 4) is 5.88 Å². The molecule has 1 N–H and O–H groups in total. The number of nitrogens with one attached hydrogen (secondary N) is 1. The molecule has 110 valence electrons. The molecule has 1 amide bonds. The predicted octanol–water partition coefficient (Wildman–Crippen LogP) is 1.70. The van der Waals surface area contributed by atoms with Crippen molar-refractivity contribution in [3.63, 3.8) is 0 Å². The molecular weight excluding hydrogens is 254 g/mol. The molecule has 1 aliphatic heterocycles. The molecule has 2 heterocycles. The molecule has 0 aromatic carbocycles. The van der Waals surface area contributed by atoms with E-state index in [0.717, 1.165) is 13.0 Å². The molecule has 0 unspecified atom stereocenters. The van der Waals surface area contributed by atoms with Crippen molar-refractivity contribution in [1.82, 2.24) is 15.2 Å². The molecule has 1 fully saturated rings. The molecule has 0 atom stereocenters. The second-order valence-electron chi connectivity index (χ2n) is 5.10. The highest BCUT2D eigenvalue weighted by atomic mass is 16.5. The van der Waals surface area contributed by atoms with Gasteiger partial charge in [-0.3, -0.25) is 4.79 Å². The van der Waals surface area contributed by atoms with Gasteiger partial charge < -0.3 is 15.0 Å². The third kappa shape index (κ3) is 4.49. The Morgan fingerprint density at radius 1 is 1.35 bits per heavy atom. The number of carbonyl (C=O) groups excluding carboxylic acids is 1. The molecule has 20 heavy (non-hydrogen) atoms. The van der Waals surface area contributed by atoms with E-state index in [1.165, 1.54) is 32.4 Å². The Morgan fingerprint density at radius 3 is 2.80 bits per heavy atom. The molecule has 0 saturated carbocycles. The third-order valence-corrected chi connectivity index (χ3v) is 3.59. The summed E-state index contributed by atoms with van der Waals surface area (Å²) in [6.45, 7) is 4.19. The van der Waals surface area contributed by atoms with Gasteiger partial charge in [-0.25, -0.2) is 4.98 Å². The van der Waals surface area contributed by atoms with Crippen molar-refractivity contribution < 1.29 is 9.53 Å². The molecule has 1 aromatic heterocycles. The summed E-state index contributed by atoms with van der Waals surface area (Å²) in [4.78, 5) is 18.4. The Morgan fingerprint density at radius 2 is 2.15 bits per heavy atom. The summed E-state index contributed by atoms with van der Waals surface area (Å²) in [5.41, 5.74) is 0.573. The van der Waals surface area contributed by atoms with E-state index in [1.54, 1.807) is 25.4 Å². The highest BCUT2D eigenvalue weighted by molar-refractivity contribution is 5.93. The molecule has 0 spiro atoms. The maximum atomic E-state index is 11.9. The van der Waals surface area contributed by atoms with Gasteiger partial charge in [-0.2, -0.15) is 0 Å². The van der Waals surface area contributed by atoms with Crippen molar-refractivity contribution in [2.24, 2.45) is 0 Å². The minimum Gasteiger partial charge on any atom is -0.481 e. The number of rotatable bonds is 6. The molecule has 0 radical (unpaired) electrons. The minimum atomic E-state index is -0.0706. The largest absolute Gasteiger partial charge is 0.481 e. The fraction of sp³-hybridized carbons (Fsp3) is 0.600. The monoisotopic (exact) mass is 277 g/mol. The van der Waals surface area contributed by atoms with Gasteiger partial charge in [0.15, 0.2) is 0 Å². The van der Waals surface area contributed by atoms with E-state index in [1.807, 2.05) is 0 Å². The quantitative estimate of drug-likeness (QED) is 0.804. The lowest BCUT2D eigenvalue weighted by molar-refractivity contribution is 0.0950. The van der Waals surface area contributed by atoms with Crippen LogP contribution in [0.4, 0.5) is 0 Å². The first kappa shape index (κ1) is 14.8. The zero-order valence-corrected chi connectivity index (χ0v) is 12.1. The van der Waals surface area contributed by atoms with Crippen LogP contribution in [0.25, 0.3) is 0 Å². The molecule has 1 aromatic rings. The average molecular weight is 277 g/mol. The van der Waals surface area contributed by atoms with E-state index in [9.17, 15) is 4.79 Å². The van der Waals surface area contributed by atoms with Gasteiger partial charge in [-0.15, -0.1) is 0 Å². The summed E-state index contributed by atoms with van der Waals surface area (Å²) >= 11 is 0. The number of hydrogen-bond donors (Lipinski definition) is 1. The van der Waals surface area contributed by atoms with Crippen molar-refractivity contribution >= 4 is 5.91 Å². The number of carbonyl (C=O) groups is 1. The van der Waals surface area contributed by atoms with Gasteiger partial charge in [0.25, 0.3) is 5.91 Å². The van der Waals surface area contributed by atoms with Crippen molar-refractivity contribution in [2.75, 3.05) is 33.3 Å². The fourth-order valence-electron chi connectivity index (χ4n) is 2.43. The summed E-state index contributed by atoms with van der Waals surface area (Å²) < 4.78 is 4.97. The van der Waals surface area contributed by atoms with E-state index in [-0.39, 0.29) is 5.91 Å². The number of likely N-dealkylation sites (tertiary alicyclic amines) is 1. The Bertz CT molecular complexity index is 414. The summed E-state index contributed by atoms with van der Waals surface area (Å²) in [6, 6.07) is 3.43. The van der Waals surface area contributed by atoms with E-state index in [4.69, 9.17) is 4.74 Å². The number of amides is 1. The first-order chi connectivity index (χ1) is 9.79.